The fraction of sp³-hybridized carbons (Fsp3) is 0.100. The molecule has 16 heavy (non-hydrogen) atoms. The van der Waals surface area contributed by atoms with E-state index in [9.17, 15) is 4.79 Å². The molecule has 0 aliphatic carbocycles. The number of carbonyl (C=O) groups is 1. The molecule has 0 spiro atoms. The van der Waals surface area contributed by atoms with Crippen molar-refractivity contribution in [1.29, 1.82) is 0 Å². The van der Waals surface area contributed by atoms with Crippen LogP contribution < -0.4 is 5.32 Å². The smallest absolute Gasteiger partial charge is 0.275 e. The van der Waals surface area contributed by atoms with Gasteiger partial charge < -0.3 is 5.32 Å². The largest absolute Gasteiger partial charge is 0.318 e. The van der Waals surface area contributed by atoms with Gasteiger partial charge in [0, 0.05) is 11.6 Å². The quantitative estimate of drug-likeness (QED) is 0.838. The van der Waals surface area contributed by atoms with Crippen LogP contribution in [0.1, 0.15) is 16.1 Å². The summed E-state index contributed by atoms with van der Waals surface area (Å²) in [5, 5.41) is 4.65. The molecule has 1 N–H and O–H groups in total. The summed E-state index contributed by atoms with van der Waals surface area (Å²) in [5.41, 5.74) is 3.38. The Morgan fingerprint density at radius 1 is 1.50 bits per heavy atom. The number of aromatic nitrogens is 2. The molecule has 0 unspecified atom stereocenters. The highest BCUT2D eigenvalue weighted by Gasteiger charge is 2.12. The summed E-state index contributed by atoms with van der Waals surface area (Å²) >= 11 is 7.26. The highest BCUT2D eigenvalue weighted by atomic mass is 35.5. The van der Waals surface area contributed by atoms with Crippen molar-refractivity contribution in [3.63, 3.8) is 0 Å². The third-order valence-corrected chi connectivity index (χ3v) is 2.89. The molecular formula is C10H8ClN3OS. The minimum Gasteiger partial charge on any atom is -0.318 e. The topological polar surface area (TPSA) is 54.9 Å². The fourth-order valence-electron chi connectivity index (χ4n) is 1.18. The molecule has 0 fully saturated rings. The van der Waals surface area contributed by atoms with Crippen LogP contribution in [0.15, 0.2) is 23.2 Å². The molecule has 1 amide bonds. The van der Waals surface area contributed by atoms with E-state index in [1.165, 1.54) is 11.3 Å². The average Bonchev–Trinajstić information content (AvgIpc) is 2.76. The minimum atomic E-state index is -0.278. The lowest BCUT2D eigenvalue weighted by Crippen LogP contribution is -2.13. The Morgan fingerprint density at radius 3 is 2.94 bits per heavy atom. The lowest BCUT2D eigenvalue weighted by Gasteiger charge is -2.07. The molecule has 2 rings (SSSR count). The van der Waals surface area contributed by atoms with Gasteiger partial charge in [-0.15, -0.1) is 11.3 Å². The Morgan fingerprint density at radius 2 is 2.31 bits per heavy atom. The number of hydrogen-bond donors (Lipinski definition) is 1. The maximum absolute atomic E-state index is 11.7. The van der Waals surface area contributed by atoms with Crippen molar-refractivity contribution in [2.75, 3.05) is 5.32 Å². The average molecular weight is 254 g/mol. The van der Waals surface area contributed by atoms with E-state index in [4.69, 9.17) is 11.6 Å². The first-order valence-electron chi connectivity index (χ1n) is 4.49. The van der Waals surface area contributed by atoms with Gasteiger partial charge in [-0.05, 0) is 18.6 Å². The summed E-state index contributed by atoms with van der Waals surface area (Å²) in [5.74, 6) is -0.278. The van der Waals surface area contributed by atoms with E-state index in [2.05, 4.69) is 15.3 Å². The van der Waals surface area contributed by atoms with Crippen molar-refractivity contribution in [2.45, 2.75) is 6.92 Å². The summed E-state index contributed by atoms with van der Waals surface area (Å²) < 4.78 is 0. The normalized spacial score (nSPS) is 10.1. The van der Waals surface area contributed by atoms with Crippen LogP contribution in [-0.2, 0) is 0 Å². The summed E-state index contributed by atoms with van der Waals surface area (Å²) in [7, 11) is 0. The van der Waals surface area contributed by atoms with Crippen molar-refractivity contribution in [3.8, 4) is 0 Å². The van der Waals surface area contributed by atoms with E-state index >= 15 is 0 Å². The minimum absolute atomic E-state index is 0.278. The van der Waals surface area contributed by atoms with Gasteiger partial charge in [-0.1, -0.05) is 11.6 Å². The number of nitrogens with zero attached hydrogens (tertiary/aromatic N) is 2. The molecule has 6 heteroatoms. The first-order valence-corrected chi connectivity index (χ1v) is 5.81. The van der Waals surface area contributed by atoms with Crippen LogP contribution in [0.2, 0.25) is 5.15 Å². The molecular weight excluding hydrogens is 246 g/mol. The summed E-state index contributed by atoms with van der Waals surface area (Å²) in [4.78, 5) is 19.5. The molecule has 2 heterocycles. The van der Waals surface area contributed by atoms with Gasteiger partial charge >= 0.3 is 0 Å². The van der Waals surface area contributed by atoms with Gasteiger partial charge in [-0.3, -0.25) is 4.79 Å². The number of aryl methyl sites for hydroxylation is 1. The van der Waals surface area contributed by atoms with Crippen LogP contribution in [0.5, 0.6) is 0 Å². The number of rotatable bonds is 2. The van der Waals surface area contributed by atoms with E-state index in [1.807, 2.05) is 6.92 Å². The van der Waals surface area contributed by atoms with Crippen LogP contribution in [0, 0.1) is 6.92 Å². The van der Waals surface area contributed by atoms with Crippen LogP contribution in [0.4, 0.5) is 5.69 Å². The number of thiazole rings is 1. The zero-order valence-corrected chi connectivity index (χ0v) is 9.97. The molecule has 0 aliphatic rings. The second kappa shape index (κ2) is 4.59. The van der Waals surface area contributed by atoms with Gasteiger partial charge in [0.1, 0.15) is 5.69 Å². The maximum Gasteiger partial charge on any atom is 0.275 e. The second-order valence-electron chi connectivity index (χ2n) is 3.12. The molecule has 0 atom stereocenters. The van der Waals surface area contributed by atoms with E-state index in [0.29, 0.717) is 11.4 Å². The molecule has 0 radical (unpaired) electrons. The zero-order chi connectivity index (χ0) is 11.5. The molecule has 0 aromatic carbocycles. The molecule has 0 aliphatic heterocycles. The first kappa shape index (κ1) is 11.0. The molecule has 0 saturated carbocycles. The van der Waals surface area contributed by atoms with E-state index < -0.39 is 0 Å². The third kappa shape index (κ3) is 2.20. The Kier molecular flexibility index (Phi) is 3.17. The van der Waals surface area contributed by atoms with Crippen LogP contribution in [0.3, 0.4) is 0 Å². The highest BCUT2D eigenvalue weighted by Crippen LogP contribution is 2.23. The fourth-order valence-corrected chi connectivity index (χ4v) is 1.96. The van der Waals surface area contributed by atoms with Gasteiger partial charge in [0.25, 0.3) is 5.91 Å². The molecule has 0 bridgehead atoms. The van der Waals surface area contributed by atoms with E-state index in [-0.39, 0.29) is 11.1 Å². The van der Waals surface area contributed by atoms with Gasteiger partial charge in [-0.2, -0.15) is 0 Å². The van der Waals surface area contributed by atoms with Crippen molar-refractivity contribution in [3.05, 3.63) is 39.6 Å². The van der Waals surface area contributed by atoms with Gasteiger partial charge in [-0.25, -0.2) is 9.97 Å². The van der Waals surface area contributed by atoms with Gasteiger partial charge in [0.05, 0.1) is 11.2 Å². The highest BCUT2D eigenvalue weighted by molar-refractivity contribution is 7.07. The number of carbonyl (C=O) groups excluding carboxylic acids is 1. The van der Waals surface area contributed by atoms with Gasteiger partial charge in [0.2, 0.25) is 0 Å². The Labute approximate surface area is 101 Å². The summed E-state index contributed by atoms with van der Waals surface area (Å²) in [6.45, 7) is 1.85. The molecule has 2 aromatic heterocycles. The number of nitrogens with one attached hydrogen (secondary N) is 1. The molecule has 2 aromatic rings. The van der Waals surface area contributed by atoms with Gasteiger partial charge in [0.15, 0.2) is 5.15 Å². The van der Waals surface area contributed by atoms with Crippen LogP contribution in [0.25, 0.3) is 0 Å². The van der Waals surface area contributed by atoms with Crippen molar-refractivity contribution in [2.24, 2.45) is 0 Å². The number of hydrogen-bond acceptors (Lipinski definition) is 4. The third-order valence-electron chi connectivity index (χ3n) is 2.02. The van der Waals surface area contributed by atoms with Crippen molar-refractivity contribution in [1.82, 2.24) is 9.97 Å². The monoisotopic (exact) mass is 253 g/mol. The van der Waals surface area contributed by atoms with Crippen LogP contribution >= 0.6 is 22.9 Å². The molecule has 82 valence electrons. The van der Waals surface area contributed by atoms with Crippen molar-refractivity contribution >= 4 is 34.5 Å². The lowest BCUT2D eigenvalue weighted by molar-refractivity contribution is 0.102. The maximum atomic E-state index is 11.7. The number of anilines is 1. The first-order chi connectivity index (χ1) is 7.68. The van der Waals surface area contributed by atoms with E-state index in [1.54, 1.807) is 23.2 Å². The number of pyridine rings is 1. The summed E-state index contributed by atoms with van der Waals surface area (Å²) in [6, 6.07) is 1.78. The molecule has 4 nitrogen and oxygen atoms in total. The Hall–Kier alpha value is -1.46. The standard InChI is InChI=1S/C10H8ClN3OS/c1-6-2-3-12-9(11)8(6)14-10(15)7-4-16-5-13-7/h2-5H,1H3,(H,14,15). The lowest BCUT2D eigenvalue weighted by atomic mass is 10.2. The SMILES string of the molecule is Cc1ccnc(Cl)c1NC(=O)c1cscn1. The summed E-state index contributed by atoms with van der Waals surface area (Å²) in [6.07, 6.45) is 1.59. The zero-order valence-electron chi connectivity index (χ0n) is 8.40. The number of amides is 1. The molecule has 0 saturated heterocycles. The second-order valence-corrected chi connectivity index (χ2v) is 4.20. The predicted octanol–water partition coefficient (Wildman–Crippen LogP) is 2.75. The van der Waals surface area contributed by atoms with E-state index in [0.717, 1.165) is 5.56 Å². The number of halogens is 1. The Bertz CT molecular complexity index is 493. The predicted molar refractivity (Wildman–Crippen MR) is 64.1 cm³/mol. The van der Waals surface area contributed by atoms with Crippen molar-refractivity contribution < 1.29 is 4.79 Å². The Balaban J connectivity index is 2.25. The van der Waals surface area contributed by atoms with Crippen LogP contribution in [-0.4, -0.2) is 15.9 Å².